The number of carbonyl (C=O) groups excluding carboxylic acids is 2. The summed E-state index contributed by atoms with van der Waals surface area (Å²) in [7, 11) is 1.75. The second-order valence-electron chi connectivity index (χ2n) is 3.08. The molecule has 0 aliphatic carbocycles. The normalized spacial score (nSPS) is 9.46. The topological polar surface area (TPSA) is 49.4 Å². The fourth-order valence-corrected chi connectivity index (χ4v) is 0.855. The molecule has 0 aromatic carbocycles. The van der Waals surface area contributed by atoms with Crippen molar-refractivity contribution in [2.24, 2.45) is 0 Å². The fourth-order valence-electron chi connectivity index (χ4n) is 0.855. The maximum absolute atomic E-state index is 11.3. The molecule has 4 nitrogen and oxygen atoms in total. The molecule has 13 heavy (non-hydrogen) atoms. The third kappa shape index (κ3) is 6.13. The van der Waals surface area contributed by atoms with Gasteiger partial charge in [-0.2, -0.15) is 0 Å². The molecule has 0 spiro atoms. The molecule has 0 bridgehead atoms. The van der Waals surface area contributed by atoms with Gasteiger partial charge in [0.2, 0.25) is 11.8 Å². The van der Waals surface area contributed by atoms with E-state index in [9.17, 15) is 9.59 Å². The Labute approximate surface area is 79.3 Å². The highest BCUT2D eigenvalue weighted by Gasteiger charge is 2.07. The van der Waals surface area contributed by atoms with Crippen molar-refractivity contribution in [3.8, 4) is 0 Å². The van der Waals surface area contributed by atoms with Gasteiger partial charge in [-0.25, -0.2) is 0 Å². The highest BCUT2D eigenvalue weighted by molar-refractivity contribution is 5.83. The molecule has 0 aliphatic heterocycles. The average Bonchev–Trinajstić information content (AvgIpc) is 2.10. The van der Waals surface area contributed by atoms with Crippen LogP contribution in [0.5, 0.6) is 0 Å². The van der Waals surface area contributed by atoms with Crippen molar-refractivity contribution in [1.29, 1.82) is 0 Å². The van der Waals surface area contributed by atoms with Crippen molar-refractivity contribution < 1.29 is 9.59 Å². The van der Waals surface area contributed by atoms with Gasteiger partial charge < -0.3 is 10.2 Å². The SMILES string of the molecule is CCCCN(C)C(=O)CNC(C)=O. The van der Waals surface area contributed by atoms with Crippen molar-refractivity contribution in [2.45, 2.75) is 26.7 Å². The second-order valence-corrected chi connectivity index (χ2v) is 3.08. The molecule has 0 aromatic heterocycles. The Morgan fingerprint density at radius 2 is 2.00 bits per heavy atom. The van der Waals surface area contributed by atoms with Gasteiger partial charge in [0.05, 0.1) is 6.54 Å². The average molecular weight is 186 g/mol. The van der Waals surface area contributed by atoms with Gasteiger partial charge in [-0.1, -0.05) is 13.3 Å². The summed E-state index contributed by atoms with van der Waals surface area (Å²) in [6, 6.07) is 0. The number of rotatable bonds is 5. The molecule has 0 fully saturated rings. The molecular weight excluding hydrogens is 168 g/mol. The highest BCUT2D eigenvalue weighted by atomic mass is 16.2. The number of nitrogens with zero attached hydrogens (tertiary/aromatic N) is 1. The Morgan fingerprint density at radius 1 is 1.38 bits per heavy atom. The van der Waals surface area contributed by atoms with Crippen LogP contribution in [0, 0.1) is 0 Å². The zero-order valence-corrected chi connectivity index (χ0v) is 8.59. The lowest BCUT2D eigenvalue weighted by atomic mass is 10.3. The highest BCUT2D eigenvalue weighted by Crippen LogP contribution is 1.91. The van der Waals surface area contributed by atoms with Crippen LogP contribution in [0.4, 0.5) is 0 Å². The van der Waals surface area contributed by atoms with Gasteiger partial charge in [-0.3, -0.25) is 9.59 Å². The summed E-state index contributed by atoms with van der Waals surface area (Å²) in [6.45, 7) is 4.34. The van der Waals surface area contributed by atoms with Crippen LogP contribution in [-0.4, -0.2) is 36.9 Å². The number of nitrogens with one attached hydrogen (secondary N) is 1. The minimum Gasteiger partial charge on any atom is -0.347 e. The number of likely N-dealkylation sites (N-methyl/N-ethyl adjacent to an activating group) is 1. The van der Waals surface area contributed by atoms with E-state index in [1.807, 2.05) is 0 Å². The van der Waals surface area contributed by atoms with Crippen molar-refractivity contribution in [3.63, 3.8) is 0 Å². The van der Waals surface area contributed by atoms with Crippen molar-refractivity contribution in [2.75, 3.05) is 20.1 Å². The van der Waals surface area contributed by atoms with E-state index in [0.717, 1.165) is 19.4 Å². The van der Waals surface area contributed by atoms with Crippen LogP contribution in [0.2, 0.25) is 0 Å². The van der Waals surface area contributed by atoms with Crippen molar-refractivity contribution in [3.05, 3.63) is 0 Å². The maximum Gasteiger partial charge on any atom is 0.241 e. The molecule has 76 valence electrons. The Morgan fingerprint density at radius 3 is 2.46 bits per heavy atom. The molecule has 0 unspecified atom stereocenters. The first-order valence-corrected chi connectivity index (χ1v) is 4.56. The van der Waals surface area contributed by atoms with Crippen LogP contribution >= 0.6 is 0 Å². The number of hydrogen-bond acceptors (Lipinski definition) is 2. The molecule has 0 saturated heterocycles. The molecule has 0 saturated carbocycles. The Kier molecular flexibility index (Phi) is 5.93. The summed E-state index contributed by atoms with van der Waals surface area (Å²) in [5, 5.41) is 2.47. The molecule has 2 amide bonds. The molecule has 0 rings (SSSR count). The van der Waals surface area contributed by atoms with Gasteiger partial charge in [0.25, 0.3) is 0 Å². The molecule has 0 radical (unpaired) electrons. The van der Waals surface area contributed by atoms with E-state index in [1.165, 1.54) is 6.92 Å². The van der Waals surface area contributed by atoms with E-state index < -0.39 is 0 Å². The Bertz CT molecular complexity index is 180. The van der Waals surface area contributed by atoms with E-state index in [4.69, 9.17) is 0 Å². The number of amides is 2. The lowest BCUT2D eigenvalue weighted by Gasteiger charge is -2.16. The van der Waals surface area contributed by atoms with Crippen LogP contribution in [0.25, 0.3) is 0 Å². The molecule has 0 atom stereocenters. The largest absolute Gasteiger partial charge is 0.347 e. The van der Waals surface area contributed by atoms with Crippen LogP contribution in [-0.2, 0) is 9.59 Å². The van der Waals surface area contributed by atoms with Crippen LogP contribution in [0.15, 0.2) is 0 Å². The predicted octanol–water partition coefficient (Wildman–Crippen LogP) is 0.381. The summed E-state index contributed by atoms with van der Waals surface area (Å²) >= 11 is 0. The standard InChI is InChI=1S/C9H18N2O2/c1-4-5-6-11(3)9(13)7-10-8(2)12/h4-7H2,1-3H3,(H,10,12). The zero-order chi connectivity index (χ0) is 10.3. The van der Waals surface area contributed by atoms with Crippen molar-refractivity contribution in [1.82, 2.24) is 10.2 Å². The van der Waals surface area contributed by atoms with Crippen LogP contribution in [0.3, 0.4) is 0 Å². The second kappa shape index (κ2) is 6.46. The molecular formula is C9H18N2O2. The maximum atomic E-state index is 11.3. The van der Waals surface area contributed by atoms with E-state index in [-0.39, 0.29) is 18.4 Å². The minimum atomic E-state index is -0.169. The summed E-state index contributed by atoms with van der Waals surface area (Å²) in [5.74, 6) is -0.208. The van der Waals surface area contributed by atoms with E-state index >= 15 is 0 Å². The van der Waals surface area contributed by atoms with Gasteiger partial charge in [0, 0.05) is 20.5 Å². The van der Waals surface area contributed by atoms with Gasteiger partial charge in [-0.15, -0.1) is 0 Å². The van der Waals surface area contributed by atoms with Gasteiger partial charge >= 0.3 is 0 Å². The van der Waals surface area contributed by atoms with E-state index in [1.54, 1.807) is 11.9 Å². The molecule has 0 heterocycles. The third-order valence-electron chi connectivity index (χ3n) is 1.76. The van der Waals surface area contributed by atoms with Gasteiger partial charge in [0.1, 0.15) is 0 Å². The molecule has 0 aromatic rings. The molecule has 0 aliphatic rings. The minimum absolute atomic E-state index is 0.0383. The molecule has 4 heteroatoms. The van der Waals surface area contributed by atoms with Crippen molar-refractivity contribution >= 4 is 11.8 Å². The lowest BCUT2D eigenvalue weighted by molar-refractivity contribution is -0.131. The van der Waals surface area contributed by atoms with Crippen LogP contribution in [0.1, 0.15) is 26.7 Å². The molecule has 1 N–H and O–H groups in total. The quantitative estimate of drug-likeness (QED) is 0.675. The monoisotopic (exact) mass is 186 g/mol. The first-order valence-electron chi connectivity index (χ1n) is 4.56. The first-order chi connectivity index (χ1) is 6.07. The summed E-state index contributed by atoms with van der Waals surface area (Å²) < 4.78 is 0. The van der Waals surface area contributed by atoms with Crippen LogP contribution < -0.4 is 5.32 Å². The predicted molar refractivity (Wildman–Crippen MR) is 51.2 cm³/mol. The van der Waals surface area contributed by atoms with Gasteiger partial charge in [-0.05, 0) is 6.42 Å². The van der Waals surface area contributed by atoms with E-state index in [0.29, 0.717) is 0 Å². The lowest BCUT2D eigenvalue weighted by Crippen LogP contribution is -2.37. The van der Waals surface area contributed by atoms with Gasteiger partial charge in [0.15, 0.2) is 0 Å². The summed E-state index contributed by atoms with van der Waals surface area (Å²) in [4.78, 5) is 23.4. The third-order valence-corrected chi connectivity index (χ3v) is 1.76. The Balaban J connectivity index is 3.63. The van der Waals surface area contributed by atoms with E-state index in [2.05, 4.69) is 12.2 Å². The summed E-state index contributed by atoms with van der Waals surface area (Å²) in [5.41, 5.74) is 0. The first kappa shape index (κ1) is 11.9. The zero-order valence-electron chi connectivity index (χ0n) is 8.59. The Hall–Kier alpha value is -1.06. The summed E-state index contributed by atoms with van der Waals surface area (Å²) in [6.07, 6.45) is 2.07. The number of unbranched alkanes of at least 4 members (excludes halogenated alkanes) is 1. The smallest absolute Gasteiger partial charge is 0.241 e. The fraction of sp³-hybridized carbons (Fsp3) is 0.778. The number of carbonyl (C=O) groups is 2. The number of hydrogen-bond donors (Lipinski definition) is 1.